The van der Waals surface area contributed by atoms with Crippen LogP contribution in [0, 0.1) is 10.1 Å². The van der Waals surface area contributed by atoms with Gasteiger partial charge in [-0.25, -0.2) is 4.98 Å². The highest BCUT2D eigenvalue weighted by molar-refractivity contribution is 8.24. The zero-order chi connectivity index (χ0) is 21.0. The number of aromatic nitrogens is 1. The fraction of sp³-hybridized carbons (Fsp3) is 0.333. The summed E-state index contributed by atoms with van der Waals surface area (Å²) >= 11 is 1.38. The van der Waals surface area contributed by atoms with Crippen LogP contribution in [0.2, 0.25) is 0 Å². The standard InChI is InChI=1S/C18H22N4O5S2/c1-13(23)19-18-20-16(7-4-14-2-5-15(6-3-14)22(24)25)17(28-18)12-21-8-10-29(26,27)11-9-21/h2-7,26-27H,8-12H2,1H3,(H,19,20,23)/b7-4-. The Hall–Kier alpha value is -2.31. The number of nitro groups is 1. The van der Waals surface area contributed by atoms with Crippen LogP contribution in [-0.2, 0) is 11.3 Å². The molecule has 0 unspecified atom stereocenters. The maximum absolute atomic E-state index is 11.4. The van der Waals surface area contributed by atoms with Gasteiger partial charge >= 0.3 is 0 Å². The molecule has 29 heavy (non-hydrogen) atoms. The van der Waals surface area contributed by atoms with E-state index in [0.717, 1.165) is 10.4 Å². The number of carbonyl (C=O) groups is 1. The highest BCUT2D eigenvalue weighted by Gasteiger charge is 2.23. The molecule has 1 aromatic carbocycles. The van der Waals surface area contributed by atoms with Crippen LogP contribution < -0.4 is 5.32 Å². The lowest BCUT2D eigenvalue weighted by Crippen LogP contribution is -2.37. The molecule has 1 saturated heterocycles. The summed E-state index contributed by atoms with van der Waals surface area (Å²) in [6.07, 6.45) is 3.63. The van der Waals surface area contributed by atoms with Crippen LogP contribution in [0.25, 0.3) is 12.2 Å². The van der Waals surface area contributed by atoms with Crippen molar-refractivity contribution < 1.29 is 18.8 Å². The van der Waals surface area contributed by atoms with Gasteiger partial charge in [-0.2, -0.15) is 10.6 Å². The molecule has 1 amide bonds. The predicted molar refractivity (Wildman–Crippen MR) is 116 cm³/mol. The van der Waals surface area contributed by atoms with Crippen molar-refractivity contribution in [3.05, 3.63) is 50.5 Å². The average molecular weight is 439 g/mol. The number of hydrogen-bond acceptors (Lipinski definition) is 8. The number of hydrogen-bond donors (Lipinski definition) is 3. The minimum Gasteiger partial charge on any atom is -0.302 e. The lowest BCUT2D eigenvalue weighted by molar-refractivity contribution is -0.384. The Labute approximate surface area is 173 Å². The van der Waals surface area contributed by atoms with E-state index in [0.29, 0.717) is 42.0 Å². The van der Waals surface area contributed by atoms with Crippen LogP contribution >= 0.6 is 21.9 Å². The van der Waals surface area contributed by atoms with Gasteiger partial charge in [-0.1, -0.05) is 17.4 Å². The molecular formula is C18H22N4O5S2. The third-order valence-electron chi connectivity index (χ3n) is 4.38. The predicted octanol–water partition coefficient (Wildman–Crippen LogP) is 3.75. The van der Waals surface area contributed by atoms with E-state index >= 15 is 0 Å². The topological polar surface area (TPSA) is 129 Å². The summed E-state index contributed by atoms with van der Waals surface area (Å²) in [7, 11) is -2.46. The maximum atomic E-state index is 11.4. The van der Waals surface area contributed by atoms with Gasteiger partial charge in [-0.3, -0.25) is 28.9 Å². The van der Waals surface area contributed by atoms with Gasteiger partial charge in [-0.05, 0) is 23.8 Å². The molecule has 3 rings (SSSR count). The molecule has 2 heterocycles. The summed E-state index contributed by atoms with van der Waals surface area (Å²) in [5.41, 5.74) is 1.53. The SMILES string of the molecule is CC(=O)Nc1nc(/C=C\c2ccc([N+](=O)[O-])cc2)c(CN2CCS(O)(O)CC2)s1. The van der Waals surface area contributed by atoms with E-state index < -0.39 is 15.5 Å². The van der Waals surface area contributed by atoms with Crippen molar-refractivity contribution in [2.45, 2.75) is 13.5 Å². The Bertz CT molecular complexity index is 917. The Morgan fingerprint density at radius 1 is 1.31 bits per heavy atom. The first-order chi connectivity index (χ1) is 13.7. The van der Waals surface area contributed by atoms with E-state index in [9.17, 15) is 24.0 Å². The molecule has 1 aliphatic heterocycles. The van der Waals surface area contributed by atoms with Crippen molar-refractivity contribution in [3.8, 4) is 0 Å². The van der Waals surface area contributed by atoms with E-state index in [1.807, 2.05) is 12.2 Å². The van der Waals surface area contributed by atoms with E-state index in [1.165, 1.54) is 30.4 Å². The molecule has 0 radical (unpaired) electrons. The second kappa shape index (κ2) is 9.01. The molecule has 3 N–H and O–H groups in total. The summed E-state index contributed by atoms with van der Waals surface area (Å²) < 4.78 is 19.6. The average Bonchev–Trinajstić information content (AvgIpc) is 3.02. The molecule has 2 aromatic rings. The second-order valence-electron chi connectivity index (χ2n) is 6.68. The second-order valence-corrected chi connectivity index (χ2v) is 10.2. The lowest BCUT2D eigenvalue weighted by atomic mass is 10.2. The fourth-order valence-corrected chi connectivity index (χ4v) is 5.16. The normalized spacial score (nSPS) is 17.9. The Balaban J connectivity index is 1.77. The fourth-order valence-electron chi connectivity index (χ4n) is 2.82. The molecular weight excluding hydrogens is 416 g/mol. The highest BCUT2D eigenvalue weighted by Crippen LogP contribution is 2.41. The van der Waals surface area contributed by atoms with Crippen LogP contribution in [0.1, 0.15) is 23.1 Å². The minimum atomic E-state index is -2.46. The summed E-state index contributed by atoms with van der Waals surface area (Å²) in [4.78, 5) is 29.3. The van der Waals surface area contributed by atoms with Crippen molar-refractivity contribution in [3.63, 3.8) is 0 Å². The number of amides is 1. The number of nitrogens with zero attached hydrogens (tertiary/aromatic N) is 3. The Kier molecular flexibility index (Phi) is 6.65. The lowest BCUT2D eigenvalue weighted by Gasteiger charge is -2.40. The molecule has 0 bridgehead atoms. The van der Waals surface area contributed by atoms with Crippen molar-refractivity contribution >= 4 is 50.8 Å². The zero-order valence-electron chi connectivity index (χ0n) is 15.8. The van der Waals surface area contributed by atoms with Gasteiger partial charge < -0.3 is 5.32 Å². The molecule has 9 nitrogen and oxygen atoms in total. The van der Waals surface area contributed by atoms with Crippen LogP contribution in [0.5, 0.6) is 0 Å². The van der Waals surface area contributed by atoms with Crippen LogP contribution in [-0.4, -0.2) is 54.4 Å². The maximum Gasteiger partial charge on any atom is 0.269 e. The summed E-state index contributed by atoms with van der Waals surface area (Å²) in [5, 5.41) is 14.0. The summed E-state index contributed by atoms with van der Waals surface area (Å²) in [6, 6.07) is 6.20. The van der Waals surface area contributed by atoms with Crippen molar-refractivity contribution in [1.29, 1.82) is 0 Å². The first-order valence-electron chi connectivity index (χ1n) is 8.88. The molecule has 11 heteroatoms. The van der Waals surface area contributed by atoms with E-state index in [-0.39, 0.29) is 11.6 Å². The smallest absolute Gasteiger partial charge is 0.269 e. The number of rotatable bonds is 6. The van der Waals surface area contributed by atoms with Gasteiger partial charge in [0.2, 0.25) is 5.91 Å². The van der Waals surface area contributed by atoms with Gasteiger partial charge in [0.05, 0.1) is 22.1 Å². The van der Waals surface area contributed by atoms with Gasteiger partial charge in [0.15, 0.2) is 5.13 Å². The van der Waals surface area contributed by atoms with Crippen LogP contribution in [0.4, 0.5) is 10.8 Å². The molecule has 0 atom stereocenters. The number of nitrogens with one attached hydrogen (secondary N) is 1. The van der Waals surface area contributed by atoms with Crippen molar-refractivity contribution in [2.24, 2.45) is 0 Å². The molecule has 0 saturated carbocycles. The first kappa shape index (κ1) is 21.4. The number of benzene rings is 1. The number of non-ortho nitro benzene ring substituents is 1. The molecule has 0 aliphatic carbocycles. The highest BCUT2D eigenvalue weighted by atomic mass is 32.3. The summed E-state index contributed by atoms with van der Waals surface area (Å²) in [6.45, 7) is 3.18. The van der Waals surface area contributed by atoms with Gasteiger partial charge in [0.1, 0.15) is 0 Å². The number of anilines is 1. The Morgan fingerprint density at radius 3 is 2.55 bits per heavy atom. The monoisotopic (exact) mass is 438 g/mol. The quantitative estimate of drug-likeness (QED) is 0.463. The summed E-state index contributed by atoms with van der Waals surface area (Å²) in [5.74, 6) is 0.513. The molecule has 0 spiro atoms. The molecule has 156 valence electrons. The van der Waals surface area contributed by atoms with Crippen molar-refractivity contribution in [2.75, 3.05) is 29.9 Å². The number of carbonyl (C=O) groups excluding carboxylic acids is 1. The third-order valence-corrected chi connectivity index (χ3v) is 7.03. The van der Waals surface area contributed by atoms with Crippen LogP contribution in [0.15, 0.2) is 24.3 Å². The largest absolute Gasteiger partial charge is 0.302 e. The van der Waals surface area contributed by atoms with Gasteiger partial charge in [0.25, 0.3) is 5.69 Å². The van der Waals surface area contributed by atoms with E-state index in [1.54, 1.807) is 12.1 Å². The van der Waals surface area contributed by atoms with Crippen LogP contribution in [0.3, 0.4) is 0 Å². The Morgan fingerprint density at radius 2 is 1.97 bits per heavy atom. The van der Waals surface area contributed by atoms with Crippen molar-refractivity contribution in [1.82, 2.24) is 9.88 Å². The minimum absolute atomic E-state index is 0.0283. The molecule has 1 fully saturated rings. The van der Waals surface area contributed by atoms with Gasteiger partial charge in [0, 0.05) is 43.6 Å². The third kappa shape index (κ3) is 6.08. The zero-order valence-corrected chi connectivity index (χ0v) is 17.4. The van der Waals surface area contributed by atoms with E-state index in [2.05, 4.69) is 15.2 Å². The van der Waals surface area contributed by atoms with Gasteiger partial charge in [-0.15, -0.1) is 0 Å². The molecule has 1 aromatic heterocycles. The van der Waals surface area contributed by atoms with E-state index in [4.69, 9.17) is 0 Å². The molecule has 1 aliphatic rings. The number of thiazole rings is 1. The number of nitro benzene ring substituents is 1. The first-order valence-corrected chi connectivity index (χ1v) is 11.6.